The summed E-state index contributed by atoms with van der Waals surface area (Å²) < 4.78 is 0.995. The first-order valence-electron chi connectivity index (χ1n) is 6.60. The van der Waals surface area contributed by atoms with Crippen LogP contribution in [0.2, 0.25) is 0 Å². The lowest BCUT2D eigenvalue weighted by molar-refractivity contribution is 0.893. The van der Waals surface area contributed by atoms with Gasteiger partial charge in [0.2, 0.25) is 5.96 Å². The minimum atomic E-state index is -0.0525. The van der Waals surface area contributed by atoms with Crippen molar-refractivity contribution in [1.82, 2.24) is 10.9 Å². The molecule has 0 saturated carbocycles. The van der Waals surface area contributed by atoms with E-state index in [0.29, 0.717) is 5.56 Å². The van der Waals surface area contributed by atoms with Crippen molar-refractivity contribution in [3.05, 3.63) is 69.7 Å². The number of hydrogen-bond acceptors (Lipinski definition) is 4. The van der Waals surface area contributed by atoms with Crippen LogP contribution in [0.25, 0.3) is 0 Å². The summed E-state index contributed by atoms with van der Waals surface area (Å²) in [7, 11) is 0. The summed E-state index contributed by atoms with van der Waals surface area (Å²) in [6.07, 6.45) is 3.16. The van der Waals surface area contributed by atoms with Crippen LogP contribution in [0, 0.1) is 16.7 Å². The van der Waals surface area contributed by atoms with Crippen molar-refractivity contribution >= 4 is 51.3 Å². The summed E-state index contributed by atoms with van der Waals surface area (Å²) in [6.45, 7) is 0. The smallest absolute Gasteiger partial charge is 0.230 e. The van der Waals surface area contributed by atoms with Crippen molar-refractivity contribution in [3.63, 3.8) is 0 Å². The molecule has 6 nitrogen and oxygen atoms in total. The molecule has 0 fully saturated rings. The minimum absolute atomic E-state index is 0. The molecule has 0 amide bonds. The normalized spacial score (nSPS) is 10.2. The topological polar surface area (TPSA) is 96.4 Å². The molecule has 0 aliphatic heterocycles. The Balaban J connectivity index is 0.00000288. The number of hydrazone groups is 2. The largest absolute Gasteiger partial charge is 0.266 e. The molecule has 0 spiro atoms. The van der Waals surface area contributed by atoms with E-state index in [1.165, 1.54) is 0 Å². The third kappa shape index (κ3) is 6.73. The van der Waals surface area contributed by atoms with Crippen LogP contribution in [0.5, 0.6) is 0 Å². The Hall–Kier alpha value is -2.50. The maximum absolute atomic E-state index is 8.71. The zero-order valence-corrected chi connectivity index (χ0v) is 15.7. The van der Waals surface area contributed by atoms with Crippen molar-refractivity contribution in [3.8, 4) is 6.07 Å². The first-order valence-corrected chi connectivity index (χ1v) is 7.39. The van der Waals surface area contributed by atoms with Gasteiger partial charge in [0.1, 0.15) is 0 Å². The molecule has 0 aliphatic carbocycles. The van der Waals surface area contributed by atoms with Crippen molar-refractivity contribution in [1.29, 1.82) is 10.7 Å². The standard InChI is InChI=1S/C16H13BrN6.BrH/c17-15-7-5-14(6-8-15)11-21-23-16(19)22-20-10-13-3-1-12(9-18)2-4-13;/h1-8,10-11H,(H3,19,22,23);1H. The number of halogens is 2. The van der Waals surface area contributed by atoms with Crippen LogP contribution in [0.4, 0.5) is 0 Å². The Morgan fingerprint density at radius 1 is 0.958 bits per heavy atom. The lowest BCUT2D eigenvalue weighted by Crippen LogP contribution is -2.29. The van der Waals surface area contributed by atoms with Gasteiger partial charge >= 0.3 is 0 Å². The van der Waals surface area contributed by atoms with E-state index >= 15 is 0 Å². The number of hydrogen-bond donors (Lipinski definition) is 3. The van der Waals surface area contributed by atoms with Crippen LogP contribution >= 0.6 is 32.9 Å². The molecule has 122 valence electrons. The molecular formula is C16H14Br2N6. The van der Waals surface area contributed by atoms with E-state index in [4.69, 9.17) is 10.7 Å². The predicted molar refractivity (Wildman–Crippen MR) is 105 cm³/mol. The molecule has 0 saturated heterocycles. The molecule has 0 aromatic heterocycles. The van der Waals surface area contributed by atoms with Crippen molar-refractivity contribution < 1.29 is 0 Å². The van der Waals surface area contributed by atoms with Crippen LogP contribution in [-0.2, 0) is 0 Å². The predicted octanol–water partition coefficient (Wildman–Crippen LogP) is 3.38. The quantitative estimate of drug-likeness (QED) is 0.379. The number of nitrogens with one attached hydrogen (secondary N) is 3. The van der Waals surface area contributed by atoms with Gasteiger partial charge in [-0.25, -0.2) is 10.9 Å². The van der Waals surface area contributed by atoms with Crippen LogP contribution in [-0.4, -0.2) is 18.4 Å². The SMILES string of the molecule is Br.N#Cc1ccc(C=NNC(=N)NN=Cc2ccc(Br)cc2)cc1. The van der Waals surface area contributed by atoms with E-state index in [-0.39, 0.29) is 22.9 Å². The van der Waals surface area contributed by atoms with Crippen molar-refractivity contribution in [2.24, 2.45) is 10.2 Å². The van der Waals surface area contributed by atoms with Gasteiger partial charge in [-0.3, -0.25) is 5.41 Å². The maximum Gasteiger partial charge on any atom is 0.230 e. The van der Waals surface area contributed by atoms with Gasteiger partial charge in [0.15, 0.2) is 0 Å². The summed E-state index contributed by atoms with van der Waals surface area (Å²) in [5.74, 6) is -0.0525. The van der Waals surface area contributed by atoms with Gasteiger partial charge in [-0.1, -0.05) is 40.2 Å². The average Bonchev–Trinajstić information content (AvgIpc) is 2.57. The highest BCUT2D eigenvalue weighted by Crippen LogP contribution is 2.08. The second kappa shape index (κ2) is 10.3. The molecule has 2 aromatic carbocycles. The van der Waals surface area contributed by atoms with E-state index in [0.717, 1.165) is 15.6 Å². The summed E-state index contributed by atoms with van der Waals surface area (Å²) in [5.41, 5.74) is 7.36. The zero-order chi connectivity index (χ0) is 16.5. The highest BCUT2D eigenvalue weighted by molar-refractivity contribution is 9.10. The van der Waals surface area contributed by atoms with Gasteiger partial charge < -0.3 is 0 Å². The van der Waals surface area contributed by atoms with Crippen molar-refractivity contribution in [2.75, 3.05) is 0 Å². The number of nitrogens with zero attached hydrogens (tertiary/aromatic N) is 3. The molecule has 0 aliphatic rings. The average molecular weight is 450 g/mol. The Kier molecular flexibility index (Phi) is 8.39. The van der Waals surface area contributed by atoms with Crippen LogP contribution < -0.4 is 10.9 Å². The van der Waals surface area contributed by atoms with Gasteiger partial charge in [0, 0.05) is 4.47 Å². The molecule has 0 bridgehead atoms. The molecule has 2 aromatic rings. The highest BCUT2D eigenvalue weighted by atomic mass is 79.9. The Bertz CT molecular complexity index is 761. The third-order valence-corrected chi connectivity index (χ3v) is 3.22. The summed E-state index contributed by atoms with van der Waals surface area (Å²) in [6, 6.07) is 16.6. The van der Waals surface area contributed by atoms with Gasteiger partial charge in [0.05, 0.1) is 24.1 Å². The molecule has 8 heteroatoms. The molecule has 3 N–H and O–H groups in total. The molecule has 0 unspecified atom stereocenters. The van der Waals surface area contributed by atoms with E-state index in [1.807, 2.05) is 30.3 Å². The number of rotatable bonds is 4. The Labute approximate surface area is 158 Å². The monoisotopic (exact) mass is 448 g/mol. The third-order valence-electron chi connectivity index (χ3n) is 2.69. The number of benzene rings is 2. The van der Waals surface area contributed by atoms with E-state index in [9.17, 15) is 0 Å². The number of guanidine groups is 1. The highest BCUT2D eigenvalue weighted by Gasteiger charge is 1.92. The molecule has 0 atom stereocenters. The fraction of sp³-hybridized carbons (Fsp3) is 0. The summed E-state index contributed by atoms with van der Waals surface area (Å²) in [4.78, 5) is 0. The lowest BCUT2D eigenvalue weighted by Gasteiger charge is -2.01. The van der Waals surface area contributed by atoms with Crippen LogP contribution in [0.1, 0.15) is 16.7 Å². The summed E-state index contributed by atoms with van der Waals surface area (Å²) >= 11 is 3.36. The summed E-state index contributed by atoms with van der Waals surface area (Å²) in [5, 5.41) is 24.2. The lowest BCUT2D eigenvalue weighted by atomic mass is 10.2. The molecule has 0 radical (unpaired) electrons. The zero-order valence-electron chi connectivity index (χ0n) is 12.4. The molecular weight excluding hydrogens is 436 g/mol. The van der Waals surface area contributed by atoms with Crippen molar-refractivity contribution in [2.45, 2.75) is 0 Å². The fourth-order valence-corrected chi connectivity index (χ4v) is 1.82. The second-order valence-electron chi connectivity index (χ2n) is 4.40. The Morgan fingerprint density at radius 2 is 1.42 bits per heavy atom. The first kappa shape index (κ1) is 19.5. The van der Waals surface area contributed by atoms with Gasteiger partial charge in [-0.05, 0) is 35.4 Å². The second-order valence-corrected chi connectivity index (χ2v) is 5.32. The number of nitriles is 1. The molecule has 0 heterocycles. The van der Waals surface area contributed by atoms with Crippen LogP contribution in [0.15, 0.2) is 63.2 Å². The van der Waals surface area contributed by atoms with Crippen LogP contribution in [0.3, 0.4) is 0 Å². The van der Waals surface area contributed by atoms with Gasteiger partial charge in [-0.2, -0.15) is 15.5 Å². The maximum atomic E-state index is 8.71. The first-order chi connectivity index (χ1) is 11.2. The van der Waals surface area contributed by atoms with E-state index in [1.54, 1.807) is 36.7 Å². The minimum Gasteiger partial charge on any atom is -0.266 e. The molecule has 2 rings (SSSR count). The van der Waals surface area contributed by atoms with Gasteiger partial charge in [0.25, 0.3) is 0 Å². The van der Waals surface area contributed by atoms with E-state index in [2.05, 4.69) is 37.0 Å². The molecule has 24 heavy (non-hydrogen) atoms. The Morgan fingerprint density at radius 3 is 1.88 bits per heavy atom. The van der Waals surface area contributed by atoms with Gasteiger partial charge in [-0.15, -0.1) is 17.0 Å². The van der Waals surface area contributed by atoms with E-state index < -0.39 is 0 Å². The fourth-order valence-electron chi connectivity index (χ4n) is 1.56.